The first-order valence-corrected chi connectivity index (χ1v) is 13.4. The van der Waals surface area contributed by atoms with Crippen LogP contribution in [0.3, 0.4) is 0 Å². The van der Waals surface area contributed by atoms with E-state index in [4.69, 9.17) is 18.9 Å². The lowest BCUT2D eigenvalue weighted by molar-refractivity contribution is -0.130. The topological polar surface area (TPSA) is 115 Å². The fourth-order valence-corrected chi connectivity index (χ4v) is 5.43. The molecule has 0 aromatic heterocycles. The molecule has 3 amide bonds. The minimum absolute atomic E-state index is 0.0620. The zero-order chi connectivity index (χ0) is 27.4. The fourth-order valence-electron chi connectivity index (χ4n) is 5.43. The van der Waals surface area contributed by atoms with Gasteiger partial charge in [-0.2, -0.15) is 0 Å². The maximum atomic E-state index is 13.5. The first-order chi connectivity index (χ1) is 18.9. The van der Waals surface area contributed by atoms with Crippen LogP contribution in [0.2, 0.25) is 0 Å². The van der Waals surface area contributed by atoms with Gasteiger partial charge in [-0.05, 0) is 56.0 Å². The van der Waals surface area contributed by atoms with Crippen LogP contribution >= 0.6 is 0 Å². The van der Waals surface area contributed by atoms with Crippen LogP contribution in [-0.4, -0.2) is 74.8 Å². The fraction of sp³-hybridized carbons (Fsp3) is 0.483. The molecule has 0 radical (unpaired) electrons. The van der Waals surface area contributed by atoms with E-state index < -0.39 is 0 Å². The van der Waals surface area contributed by atoms with Gasteiger partial charge in [0.1, 0.15) is 24.2 Å². The molecule has 2 fully saturated rings. The third-order valence-electron chi connectivity index (χ3n) is 7.64. The molecule has 0 spiro atoms. The van der Waals surface area contributed by atoms with Crippen molar-refractivity contribution in [2.24, 2.45) is 5.92 Å². The van der Waals surface area contributed by atoms with E-state index in [1.807, 2.05) is 12.1 Å². The lowest BCUT2D eigenvalue weighted by Gasteiger charge is -2.42. The minimum Gasteiger partial charge on any atom is -0.497 e. The average molecular weight is 538 g/mol. The van der Waals surface area contributed by atoms with Gasteiger partial charge >= 0.3 is 0 Å². The number of ether oxygens (including phenoxy) is 4. The Balaban J connectivity index is 1.22. The quantitative estimate of drug-likeness (QED) is 0.580. The summed E-state index contributed by atoms with van der Waals surface area (Å²) in [5, 5.41) is 5.84. The Morgan fingerprint density at radius 2 is 1.82 bits per heavy atom. The van der Waals surface area contributed by atoms with Crippen LogP contribution in [0.4, 0.5) is 11.4 Å². The van der Waals surface area contributed by atoms with Gasteiger partial charge in [-0.1, -0.05) is 6.07 Å². The summed E-state index contributed by atoms with van der Waals surface area (Å²) in [7, 11) is 3.34. The lowest BCUT2D eigenvalue weighted by atomic mass is 9.94. The Hall–Kier alpha value is -3.63. The number of likely N-dealkylation sites (N-methyl/N-ethyl adjacent to an activating group) is 1. The van der Waals surface area contributed by atoms with Gasteiger partial charge in [-0.25, -0.2) is 0 Å². The highest BCUT2D eigenvalue weighted by molar-refractivity contribution is 6.00. The Labute approximate surface area is 227 Å². The van der Waals surface area contributed by atoms with Gasteiger partial charge in [0.05, 0.1) is 31.2 Å². The molecule has 39 heavy (non-hydrogen) atoms. The average Bonchev–Trinajstić information content (AvgIpc) is 2.95. The lowest BCUT2D eigenvalue weighted by Crippen LogP contribution is -2.53. The molecular weight excluding hydrogens is 502 g/mol. The van der Waals surface area contributed by atoms with Crippen molar-refractivity contribution in [1.82, 2.24) is 4.90 Å². The molecule has 3 aliphatic rings. The van der Waals surface area contributed by atoms with Crippen molar-refractivity contribution in [2.75, 3.05) is 44.6 Å². The molecule has 5 rings (SSSR count). The Morgan fingerprint density at radius 3 is 2.62 bits per heavy atom. The molecule has 208 valence electrons. The molecule has 2 aromatic carbocycles. The van der Waals surface area contributed by atoms with E-state index in [2.05, 4.69) is 10.6 Å². The molecule has 0 bridgehead atoms. The van der Waals surface area contributed by atoms with Crippen molar-refractivity contribution in [3.05, 3.63) is 48.0 Å². The molecule has 3 heterocycles. The number of carbonyl (C=O) groups is 3. The van der Waals surface area contributed by atoms with Crippen LogP contribution < -0.4 is 20.1 Å². The summed E-state index contributed by atoms with van der Waals surface area (Å²) < 4.78 is 22.9. The van der Waals surface area contributed by atoms with Crippen LogP contribution in [0.5, 0.6) is 11.5 Å². The van der Waals surface area contributed by atoms with Crippen molar-refractivity contribution < 1.29 is 33.3 Å². The van der Waals surface area contributed by atoms with E-state index in [1.165, 1.54) is 0 Å². The Morgan fingerprint density at radius 1 is 1.03 bits per heavy atom. The van der Waals surface area contributed by atoms with Crippen molar-refractivity contribution in [1.29, 1.82) is 0 Å². The van der Waals surface area contributed by atoms with Crippen LogP contribution in [0, 0.1) is 5.92 Å². The smallest absolute Gasteiger partial charge is 0.257 e. The first-order valence-electron chi connectivity index (χ1n) is 13.4. The highest BCUT2D eigenvalue weighted by Crippen LogP contribution is 2.33. The van der Waals surface area contributed by atoms with Gasteiger partial charge in [0.2, 0.25) is 11.8 Å². The SMILES string of the molecule is COc1cccc(NC(=O)C[C@H]2CC[C@@H]3[C@@H](COc4ccc(NC(=O)C5CCOCC5)cc4C(=O)N3C)O2)c1. The number of fused-ring (bicyclic) bond motifs is 2. The zero-order valence-electron chi connectivity index (χ0n) is 22.3. The number of anilines is 2. The Kier molecular flexibility index (Phi) is 8.33. The number of carbonyl (C=O) groups excluding carboxylic acids is 3. The van der Waals surface area contributed by atoms with E-state index >= 15 is 0 Å². The number of nitrogens with zero attached hydrogens (tertiary/aromatic N) is 1. The molecule has 0 unspecified atom stereocenters. The van der Waals surface area contributed by atoms with Crippen molar-refractivity contribution >= 4 is 29.1 Å². The second-order valence-electron chi connectivity index (χ2n) is 10.2. The summed E-state index contributed by atoms with van der Waals surface area (Å²) in [5.41, 5.74) is 1.63. The van der Waals surface area contributed by atoms with Gasteiger partial charge in [-0.15, -0.1) is 0 Å². The maximum absolute atomic E-state index is 13.5. The second kappa shape index (κ2) is 12.0. The summed E-state index contributed by atoms with van der Waals surface area (Å²) in [4.78, 5) is 40.6. The number of amides is 3. The molecule has 0 aliphatic carbocycles. The highest BCUT2D eigenvalue weighted by atomic mass is 16.5. The normalized spacial score (nSPS) is 23.4. The van der Waals surface area contributed by atoms with Gasteiger partial charge in [0.25, 0.3) is 5.91 Å². The minimum atomic E-state index is -0.372. The number of methoxy groups -OCH3 is 1. The van der Waals surface area contributed by atoms with E-state index in [1.54, 1.807) is 49.4 Å². The van der Waals surface area contributed by atoms with Crippen molar-refractivity contribution in [2.45, 2.75) is 50.4 Å². The summed E-state index contributed by atoms with van der Waals surface area (Å²) in [6, 6.07) is 12.1. The standard InChI is InChI=1S/C29H35N3O7/c1-32-24-8-7-22(16-27(33)30-19-4-3-5-21(14-19)36-2)39-26(24)17-38-25-9-6-20(15-23(25)29(32)35)31-28(34)18-10-12-37-13-11-18/h3-6,9,14-15,18,22,24,26H,7-8,10-13,16-17H2,1-2H3,(H,30,33)(H,31,34)/t22-,24-,26-/m1/s1. The molecule has 2 aromatic rings. The second-order valence-corrected chi connectivity index (χ2v) is 10.2. The third kappa shape index (κ3) is 6.34. The first kappa shape index (κ1) is 27.0. The number of hydrogen-bond donors (Lipinski definition) is 2. The van der Waals surface area contributed by atoms with Gasteiger partial charge in [-0.3, -0.25) is 14.4 Å². The summed E-state index contributed by atoms with van der Waals surface area (Å²) >= 11 is 0. The Bertz CT molecular complexity index is 1210. The predicted octanol–water partition coefficient (Wildman–Crippen LogP) is 3.47. The highest BCUT2D eigenvalue weighted by Gasteiger charge is 2.39. The maximum Gasteiger partial charge on any atom is 0.257 e. The van der Waals surface area contributed by atoms with Gasteiger partial charge in [0, 0.05) is 43.6 Å². The van der Waals surface area contributed by atoms with Crippen LogP contribution in [-0.2, 0) is 19.1 Å². The number of nitrogens with one attached hydrogen (secondary N) is 2. The summed E-state index contributed by atoms with van der Waals surface area (Å²) in [6.45, 7) is 1.41. The molecule has 10 heteroatoms. The predicted molar refractivity (Wildman–Crippen MR) is 144 cm³/mol. The summed E-state index contributed by atoms with van der Waals surface area (Å²) in [5.74, 6) is 0.603. The number of benzene rings is 2. The monoisotopic (exact) mass is 537 g/mol. The van der Waals surface area contributed by atoms with E-state index in [0.29, 0.717) is 67.3 Å². The van der Waals surface area contributed by atoms with Crippen LogP contribution in [0.1, 0.15) is 42.5 Å². The van der Waals surface area contributed by atoms with Crippen molar-refractivity contribution in [3.63, 3.8) is 0 Å². The third-order valence-corrected chi connectivity index (χ3v) is 7.64. The van der Waals surface area contributed by atoms with E-state index in [-0.39, 0.29) is 54.9 Å². The molecule has 2 N–H and O–H groups in total. The van der Waals surface area contributed by atoms with Crippen molar-refractivity contribution in [3.8, 4) is 11.5 Å². The summed E-state index contributed by atoms with van der Waals surface area (Å²) in [6.07, 6.45) is 2.24. The number of rotatable bonds is 6. The number of hydrogen-bond acceptors (Lipinski definition) is 7. The van der Waals surface area contributed by atoms with E-state index in [9.17, 15) is 14.4 Å². The molecule has 10 nitrogen and oxygen atoms in total. The van der Waals surface area contributed by atoms with Gasteiger partial charge < -0.3 is 34.5 Å². The zero-order valence-corrected chi connectivity index (χ0v) is 22.3. The van der Waals surface area contributed by atoms with Crippen LogP contribution in [0.25, 0.3) is 0 Å². The van der Waals surface area contributed by atoms with Crippen LogP contribution in [0.15, 0.2) is 42.5 Å². The van der Waals surface area contributed by atoms with E-state index in [0.717, 1.165) is 0 Å². The molecular formula is C29H35N3O7. The van der Waals surface area contributed by atoms with Gasteiger partial charge in [0.15, 0.2) is 0 Å². The molecule has 3 atom stereocenters. The largest absolute Gasteiger partial charge is 0.497 e. The molecule has 0 saturated carbocycles. The molecule has 2 saturated heterocycles. The molecule has 3 aliphatic heterocycles.